The number of H-pyrrole nitrogens is 1. The molecule has 5 atom stereocenters. The minimum Gasteiger partial charge on any atom is -0.496 e. The van der Waals surface area contributed by atoms with Crippen LogP contribution in [-0.2, 0) is 60.9 Å². The highest BCUT2D eigenvalue weighted by molar-refractivity contribution is 6.04. The monoisotopic (exact) mass is 1350 g/mol. The number of nitrogens with one attached hydrogen (secondary N) is 5. The van der Waals surface area contributed by atoms with Crippen molar-refractivity contribution in [1.29, 1.82) is 0 Å². The zero-order chi connectivity index (χ0) is 71.3. The third-order valence-corrected chi connectivity index (χ3v) is 16.8. The molecule has 0 aliphatic rings. The summed E-state index contributed by atoms with van der Waals surface area (Å²) in [5.41, 5.74) is 43.7. The first-order valence-corrected chi connectivity index (χ1v) is 32.9. The number of fused-ring (bicyclic) bond motifs is 1. The molecule has 26 nitrogen and oxygen atoms in total. The van der Waals surface area contributed by atoms with Crippen LogP contribution in [0, 0.1) is 0 Å². The number of primary amides is 2. The predicted octanol–water partition coefficient (Wildman–Crippen LogP) is 3.57. The summed E-state index contributed by atoms with van der Waals surface area (Å²) in [6, 6.07) is 20.6. The minimum absolute atomic E-state index is 0.00301. The first kappa shape index (κ1) is 77.1. The molecule has 526 valence electrons. The highest BCUT2D eigenvalue weighted by atomic mass is 16.5. The van der Waals surface area contributed by atoms with E-state index in [1.54, 1.807) is 36.5 Å². The number of hydrogen-bond acceptors (Lipinski definition) is 19. The second kappa shape index (κ2) is 39.4. The van der Waals surface area contributed by atoms with Crippen LogP contribution in [0.3, 0.4) is 0 Å². The molecule has 6 rings (SSSR count). The van der Waals surface area contributed by atoms with Gasteiger partial charge < -0.3 is 85.3 Å². The van der Waals surface area contributed by atoms with Crippen LogP contribution in [0.15, 0.2) is 103 Å². The van der Waals surface area contributed by atoms with E-state index >= 15 is 0 Å². The molecule has 19 N–H and O–H groups in total. The van der Waals surface area contributed by atoms with E-state index in [1.807, 2.05) is 24.3 Å². The molecule has 6 amide bonds. The van der Waals surface area contributed by atoms with Gasteiger partial charge in [0, 0.05) is 49.2 Å². The van der Waals surface area contributed by atoms with E-state index in [1.165, 1.54) is 63.8 Å². The van der Waals surface area contributed by atoms with E-state index in [2.05, 4.69) is 26.3 Å². The fourth-order valence-electron chi connectivity index (χ4n) is 11.3. The van der Waals surface area contributed by atoms with Gasteiger partial charge in [0.25, 0.3) is 29.5 Å². The molecule has 6 aromatic rings. The Bertz CT molecular complexity index is 3760. The number of nitrogens with two attached hydrogens (primary N) is 7. The van der Waals surface area contributed by atoms with Crippen LogP contribution in [0.25, 0.3) is 10.9 Å². The molecule has 0 spiro atoms. The molecule has 0 bridgehead atoms. The fourth-order valence-corrected chi connectivity index (χ4v) is 11.3. The van der Waals surface area contributed by atoms with Gasteiger partial charge in [0.2, 0.25) is 5.91 Å². The molecule has 0 fully saturated rings. The number of Topliss-reactive ketones (excluding diaryl/α,β-unsaturated/α-hetero) is 4. The highest BCUT2D eigenvalue weighted by Gasteiger charge is 2.30. The molecule has 0 unspecified atom stereocenters. The number of ketones is 4. The van der Waals surface area contributed by atoms with E-state index in [0.29, 0.717) is 99.8 Å². The second-order valence-corrected chi connectivity index (χ2v) is 24.1. The van der Waals surface area contributed by atoms with E-state index in [-0.39, 0.29) is 108 Å². The van der Waals surface area contributed by atoms with Crippen LogP contribution >= 0.6 is 0 Å². The summed E-state index contributed by atoms with van der Waals surface area (Å²) < 4.78 is 22.3. The predicted molar refractivity (Wildman–Crippen MR) is 371 cm³/mol. The summed E-state index contributed by atoms with van der Waals surface area (Å²) in [6.45, 7) is 0.795. The Morgan fingerprint density at radius 3 is 1.14 bits per heavy atom. The van der Waals surface area contributed by atoms with Crippen molar-refractivity contribution in [2.24, 2.45) is 40.1 Å². The molecule has 26 heteroatoms. The van der Waals surface area contributed by atoms with Gasteiger partial charge >= 0.3 is 0 Å². The van der Waals surface area contributed by atoms with Crippen LogP contribution in [0.2, 0.25) is 0 Å². The Labute approximate surface area is 570 Å². The van der Waals surface area contributed by atoms with Crippen LogP contribution in [-0.4, -0.2) is 148 Å². The lowest BCUT2D eigenvalue weighted by Gasteiger charge is -2.21. The number of rotatable bonds is 45. The van der Waals surface area contributed by atoms with Gasteiger partial charge in [0.05, 0.1) is 67.8 Å². The zero-order valence-corrected chi connectivity index (χ0v) is 56.0. The van der Waals surface area contributed by atoms with E-state index in [0.717, 1.165) is 22.9 Å². The van der Waals surface area contributed by atoms with Crippen LogP contribution in [0.4, 0.5) is 0 Å². The summed E-state index contributed by atoms with van der Waals surface area (Å²) >= 11 is 0. The lowest BCUT2D eigenvalue weighted by Crippen LogP contribution is -2.46. The molecule has 5 aromatic carbocycles. The maximum absolute atomic E-state index is 14.6. The SMILES string of the molecule is COc1ccc(CC(=O)[C@H](CCCCN)NC(=O)c2cc(CC(=O)[C@H](CCCCN)NC(=O)c3cc(CC(=O)[C@H](CCCCN)NC(=O)c4cc(CC(=O)[C@@H](N)CCCCN)ccc4OC)ccc3OC)ccc2OCC(N)=O)cc1C(=O)N[C@@H](Cc1c[nH]c2ccccc12)C(N)=O. The van der Waals surface area contributed by atoms with Crippen LogP contribution in [0.5, 0.6) is 23.0 Å². The summed E-state index contributed by atoms with van der Waals surface area (Å²) in [5, 5.41) is 12.1. The lowest BCUT2D eigenvalue weighted by atomic mass is 9.95. The molecule has 0 saturated heterocycles. The summed E-state index contributed by atoms with van der Waals surface area (Å²) in [5.74, 6) is -5.53. The van der Waals surface area contributed by atoms with Crippen molar-refractivity contribution in [3.8, 4) is 23.0 Å². The number of carbonyl (C=O) groups is 10. The van der Waals surface area contributed by atoms with Gasteiger partial charge in [0.1, 0.15) is 29.0 Å². The molecular weight excluding hydrogens is 1260 g/mol. The van der Waals surface area contributed by atoms with Gasteiger partial charge in [-0.1, -0.05) is 48.9 Å². The van der Waals surface area contributed by atoms with Gasteiger partial charge in [0.15, 0.2) is 29.7 Å². The smallest absolute Gasteiger partial charge is 0.255 e. The Hall–Kier alpha value is -9.86. The number of benzene rings is 5. The molecule has 1 aromatic heterocycles. The topological polar surface area (TPSA) is 454 Å². The van der Waals surface area contributed by atoms with Crippen LogP contribution < -0.4 is 80.4 Å². The largest absolute Gasteiger partial charge is 0.496 e. The average molecular weight is 1350 g/mol. The Morgan fingerprint density at radius 1 is 0.429 bits per heavy atom. The summed E-state index contributed by atoms with van der Waals surface area (Å²) in [6.07, 6.45) is 6.29. The third-order valence-electron chi connectivity index (χ3n) is 16.8. The molecule has 0 radical (unpaired) electrons. The van der Waals surface area contributed by atoms with Crippen molar-refractivity contribution in [3.63, 3.8) is 0 Å². The fraction of sp³-hybridized carbons (Fsp3) is 0.417. The number of hydrogen-bond donors (Lipinski definition) is 12. The minimum atomic E-state index is -1.14. The number of unbranched alkanes of at least 4 members (excludes halogenated alkanes) is 4. The van der Waals surface area contributed by atoms with Crippen molar-refractivity contribution in [1.82, 2.24) is 26.3 Å². The molecule has 0 aliphatic heterocycles. The molecular formula is C72H94N12O14. The number of para-hydroxylation sites is 1. The van der Waals surface area contributed by atoms with Crippen molar-refractivity contribution in [2.75, 3.05) is 54.1 Å². The summed E-state index contributed by atoms with van der Waals surface area (Å²) in [7, 11) is 4.13. The normalized spacial score (nSPS) is 12.7. The van der Waals surface area contributed by atoms with Crippen molar-refractivity contribution >= 4 is 69.5 Å². The number of ether oxygens (including phenoxy) is 4. The lowest BCUT2D eigenvalue weighted by molar-refractivity contribution is -0.121. The molecule has 98 heavy (non-hydrogen) atoms. The number of amides is 6. The Balaban J connectivity index is 1.20. The van der Waals surface area contributed by atoms with Crippen molar-refractivity contribution < 1.29 is 66.9 Å². The van der Waals surface area contributed by atoms with Gasteiger partial charge in [-0.15, -0.1) is 0 Å². The van der Waals surface area contributed by atoms with Crippen molar-refractivity contribution in [3.05, 3.63) is 153 Å². The van der Waals surface area contributed by atoms with E-state index < -0.39 is 83.8 Å². The van der Waals surface area contributed by atoms with Gasteiger partial charge in [-0.2, -0.15) is 0 Å². The van der Waals surface area contributed by atoms with Gasteiger partial charge in [-0.25, -0.2) is 0 Å². The van der Waals surface area contributed by atoms with Crippen LogP contribution in [0.1, 0.15) is 146 Å². The average Bonchev–Trinajstić information content (AvgIpc) is 1.20. The molecule has 0 saturated carbocycles. The first-order chi connectivity index (χ1) is 47.1. The first-order valence-electron chi connectivity index (χ1n) is 32.9. The molecule has 1 heterocycles. The number of aromatic nitrogens is 1. The standard InChI is InChI=1S/C72H94N12O14/c1-95-63-24-20-43(36-59(85)53(77)15-6-10-28-73)32-49(63)69(91)81-55(17-7-11-29-74)60(86)37-44-21-25-64(96-2)50(33-44)70(92)82-56(18-8-12-30-75)62(88)39-46-23-27-66(98-42-67(78)89)52(35-46)72(94)83-57(19-9-13-31-76)61(87)38-45-22-26-65(97-3)51(34-45)71(93)84-58(68(79)90)40-47-41-80-54-16-5-4-14-48(47)54/h4-5,14,16,20-27,32-35,41,53,55-58,80H,6-13,15,17-19,28-31,36-40,42,73-77H2,1-3H3,(H2,78,89)(H2,79,90)(H,81,91)(H,82,92)(H,83,94)(H,84,93)/t53-,55-,56-,57-,58-/m0/s1. The Morgan fingerprint density at radius 2 is 0.776 bits per heavy atom. The Kier molecular flexibility index (Phi) is 31.0. The maximum Gasteiger partial charge on any atom is 0.255 e. The zero-order valence-electron chi connectivity index (χ0n) is 56.0. The molecule has 0 aliphatic carbocycles. The number of methoxy groups -OCH3 is 3. The number of carbonyl (C=O) groups excluding carboxylic acids is 10. The van der Waals surface area contributed by atoms with E-state index in [4.69, 9.17) is 59.1 Å². The third kappa shape index (κ3) is 22.9. The quantitative estimate of drug-likeness (QED) is 0.0243. The summed E-state index contributed by atoms with van der Waals surface area (Å²) in [4.78, 5) is 141. The van der Waals surface area contributed by atoms with Gasteiger partial charge in [-0.3, -0.25) is 47.9 Å². The van der Waals surface area contributed by atoms with Crippen molar-refractivity contribution in [2.45, 2.75) is 139 Å². The number of aromatic amines is 1. The maximum atomic E-state index is 14.6. The second-order valence-electron chi connectivity index (χ2n) is 24.1. The highest BCUT2D eigenvalue weighted by Crippen LogP contribution is 2.28. The van der Waals surface area contributed by atoms with Gasteiger partial charge in [-0.05, 0) is 179 Å². The van der Waals surface area contributed by atoms with E-state index in [9.17, 15) is 47.9 Å².